The Labute approximate surface area is 159 Å². The lowest BCUT2D eigenvalue weighted by Gasteiger charge is -2.32. The predicted octanol–water partition coefficient (Wildman–Crippen LogP) is 3.25. The molecule has 0 radical (unpaired) electrons. The average Bonchev–Trinajstić information content (AvgIpc) is 2.73. The van der Waals surface area contributed by atoms with E-state index < -0.39 is 0 Å². The average molecular weight is 360 g/mol. The minimum Gasteiger partial charge on any atom is -0.310 e. The number of nitrogens with one attached hydrogen (secondary N) is 1. The number of benzene rings is 1. The number of likely N-dealkylation sites (tertiary alicyclic amines) is 1. The maximum Gasteiger partial charge on any atom is 0.251 e. The van der Waals surface area contributed by atoms with Crippen molar-refractivity contribution in [3.8, 4) is 11.3 Å². The number of H-pyrrole nitrogens is 1. The van der Waals surface area contributed by atoms with Gasteiger partial charge in [0.15, 0.2) is 0 Å². The summed E-state index contributed by atoms with van der Waals surface area (Å²) in [6.45, 7) is 3.09. The summed E-state index contributed by atoms with van der Waals surface area (Å²) >= 11 is 0. The summed E-state index contributed by atoms with van der Waals surface area (Å²) < 4.78 is 0. The standard InChI is InChI=1S/C22H24N4O/c27-21-15-20(18-8-11-23-12-9-18)24-22(25-21)19-7-4-13-26(16-19)14-10-17-5-2-1-3-6-17/h1-3,5-6,8-9,11-12,15,19H,4,7,10,13-14,16H2,(H,24,25,27). The lowest BCUT2D eigenvalue weighted by atomic mass is 9.96. The van der Waals surface area contributed by atoms with E-state index in [-0.39, 0.29) is 11.5 Å². The number of rotatable bonds is 5. The Morgan fingerprint density at radius 3 is 2.74 bits per heavy atom. The number of aromatic amines is 1. The number of pyridine rings is 1. The third-order valence-corrected chi connectivity index (χ3v) is 5.19. The van der Waals surface area contributed by atoms with Crippen LogP contribution in [0.25, 0.3) is 11.3 Å². The molecule has 4 rings (SSSR count). The van der Waals surface area contributed by atoms with Gasteiger partial charge in [-0.2, -0.15) is 0 Å². The van der Waals surface area contributed by atoms with Crippen LogP contribution >= 0.6 is 0 Å². The molecular formula is C22H24N4O. The fourth-order valence-electron chi connectivity index (χ4n) is 3.75. The van der Waals surface area contributed by atoms with Gasteiger partial charge in [0, 0.05) is 43.0 Å². The molecule has 1 aliphatic rings. The molecule has 0 aliphatic carbocycles. The van der Waals surface area contributed by atoms with E-state index in [1.165, 1.54) is 5.56 Å². The van der Waals surface area contributed by atoms with Crippen LogP contribution in [0.5, 0.6) is 0 Å². The topological polar surface area (TPSA) is 61.9 Å². The van der Waals surface area contributed by atoms with E-state index in [0.717, 1.165) is 56.0 Å². The number of hydrogen-bond acceptors (Lipinski definition) is 4. The lowest BCUT2D eigenvalue weighted by Crippen LogP contribution is -2.36. The van der Waals surface area contributed by atoms with Crippen LogP contribution in [0.15, 0.2) is 65.7 Å². The first-order valence-electron chi connectivity index (χ1n) is 9.56. The van der Waals surface area contributed by atoms with Crippen LogP contribution in [0.3, 0.4) is 0 Å². The van der Waals surface area contributed by atoms with Gasteiger partial charge in [0.2, 0.25) is 0 Å². The summed E-state index contributed by atoms with van der Waals surface area (Å²) in [5, 5.41) is 0. The van der Waals surface area contributed by atoms with Gasteiger partial charge in [-0.3, -0.25) is 9.78 Å². The molecule has 27 heavy (non-hydrogen) atoms. The second-order valence-corrected chi connectivity index (χ2v) is 7.13. The molecule has 1 N–H and O–H groups in total. The van der Waals surface area contributed by atoms with Crippen molar-refractivity contribution in [2.75, 3.05) is 19.6 Å². The van der Waals surface area contributed by atoms with E-state index in [9.17, 15) is 4.79 Å². The molecule has 5 nitrogen and oxygen atoms in total. The van der Waals surface area contributed by atoms with Gasteiger partial charge in [-0.25, -0.2) is 4.98 Å². The first kappa shape index (κ1) is 17.6. The van der Waals surface area contributed by atoms with E-state index in [1.54, 1.807) is 18.5 Å². The van der Waals surface area contributed by atoms with E-state index >= 15 is 0 Å². The van der Waals surface area contributed by atoms with Crippen molar-refractivity contribution >= 4 is 0 Å². The fourth-order valence-corrected chi connectivity index (χ4v) is 3.75. The maximum atomic E-state index is 12.2. The Hall–Kier alpha value is -2.79. The molecule has 3 aromatic rings. The molecule has 5 heteroatoms. The highest BCUT2D eigenvalue weighted by Crippen LogP contribution is 2.25. The van der Waals surface area contributed by atoms with Gasteiger partial charge in [0.25, 0.3) is 5.56 Å². The second-order valence-electron chi connectivity index (χ2n) is 7.13. The SMILES string of the molecule is O=c1cc(-c2ccncc2)nc(C2CCCN(CCc3ccccc3)C2)[nH]1. The van der Waals surface area contributed by atoms with Crippen molar-refractivity contribution in [2.45, 2.75) is 25.2 Å². The van der Waals surface area contributed by atoms with Crippen LogP contribution in [-0.2, 0) is 6.42 Å². The molecule has 1 fully saturated rings. The summed E-state index contributed by atoms with van der Waals surface area (Å²) in [5.74, 6) is 1.07. The third-order valence-electron chi connectivity index (χ3n) is 5.19. The number of nitrogens with zero attached hydrogens (tertiary/aromatic N) is 3. The highest BCUT2D eigenvalue weighted by Gasteiger charge is 2.23. The van der Waals surface area contributed by atoms with E-state index in [2.05, 4.69) is 45.2 Å². The van der Waals surface area contributed by atoms with Crippen LogP contribution < -0.4 is 5.56 Å². The summed E-state index contributed by atoms with van der Waals surface area (Å²) in [6, 6.07) is 15.9. The van der Waals surface area contributed by atoms with E-state index in [0.29, 0.717) is 0 Å². The first-order chi connectivity index (χ1) is 13.3. The molecule has 138 valence electrons. The van der Waals surface area contributed by atoms with Gasteiger partial charge in [0.05, 0.1) is 5.69 Å². The zero-order valence-corrected chi connectivity index (χ0v) is 15.3. The molecule has 0 spiro atoms. The van der Waals surface area contributed by atoms with Crippen LogP contribution in [-0.4, -0.2) is 39.5 Å². The van der Waals surface area contributed by atoms with Crippen LogP contribution in [0.4, 0.5) is 0 Å². The van der Waals surface area contributed by atoms with Gasteiger partial charge in [-0.1, -0.05) is 30.3 Å². The molecule has 0 bridgehead atoms. The normalized spacial score (nSPS) is 17.7. The van der Waals surface area contributed by atoms with E-state index in [4.69, 9.17) is 4.98 Å². The van der Waals surface area contributed by atoms with Gasteiger partial charge < -0.3 is 9.88 Å². The number of hydrogen-bond donors (Lipinski definition) is 1. The smallest absolute Gasteiger partial charge is 0.251 e. The van der Waals surface area contributed by atoms with Gasteiger partial charge in [-0.05, 0) is 43.5 Å². The van der Waals surface area contributed by atoms with Crippen molar-refractivity contribution < 1.29 is 0 Å². The number of piperidine rings is 1. The summed E-state index contributed by atoms with van der Waals surface area (Å²) in [6.07, 6.45) is 6.69. The van der Waals surface area contributed by atoms with Gasteiger partial charge in [-0.15, -0.1) is 0 Å². The summed E-state index contributed by atoms with van der Waals surface area (Å²) in [4.78, 5) is 26.5. The Kier molecular flexibility index (Phi) is 5.39. The molecular weight excluding hydrogens is 336 g/mol. The molecule has 2 aromatic heterocycles. The van der Waals surface area contributed by atoms with Crippen LogP contribution in [0, 0.1) is 0 Å². The van der Waals surface area contributed by atoms with Crippen molar-refractivity contribution in [1.29, 1.82) is 0 Å². The Morgan fingerprint density at radius 2 is 1.93 bits per heavy atom. The molecule has 1 saturated heterocycles. The monoisotopic (exact) mass is 360 g/mol. The van der Waals surface area contributed by atoms with Crippen molar-refractivity contribution in [2.24, 2.45) is 0 Å². The lowest BCUT2D eigenvalue weighted by molar-refractivity contribution is 0.206. The Bertz CT molecular complexity index is 924. The highest BCUT2D eigenvalue weighted by atomic mass is 16.1. The molecule has 3 heterocycles. The number of aromatic nitrogens is 3. The highest BCUT2D eigenvalue weighted by molar-refractivity contribution is 5.57. The van der Waals surface area contributed by atoms with Gasteiger partial charge >= 0.3 is 0 Å². The summed E-state index contributed by atoms with van der Waals surface area (Å²) in [5.41, 5.74) is 2.92. The zero-order valence-electron chi connectivity index (χ0n) is 15.3. The largest absolute Gasteiger partial charge is 0.310 e. The van der Waals surface area contributed by atoms with Crippen molar-refractivity contribution in [3.05, 3.63) is 82.7 Å². The molecule has 0 saturated carbocycles. The molecule has 1 atom stereocenters. The molecule has 1 aromatic carbocycles. The van der Waals surface area contributed by atoms with Crippen molar-refractivity contribution in [1.82, 2.24) is 19.9 Å². The Morgan fingerprint density at radius 1 is 1.11 bits per heavy atom. The quantitative estimate of drug-likeness (QED) is 0.759. The molecule has 1 aliphatic heterocycles. The molecule has 0 amide bonds. The second kappa shape index (κ2) is 8.27. The van der Waals surface area contributed by atoms with Crippen LogP contribution in [0.2, 0.25) is 0 Å². The minimum absolute atomic E-state index is 0.0896. The van der Waals surface area contributed by atoms with Gasteiger partial charge in [0.1, 0.15) is 5.82 Å². The minimum atomic E-state index is -0.0896. The van der Waals surface area contributed by atoms with E-state index in [1.807, 2.05) is 12.1 Å². The molecule has 1 unspecified atom stereocenters. The van der Waals surface area contributed by atoms with Crippen molar-refractivity contribution in [3.63, 3.8) is 0 Å². The third kappa shape index (κ3) is 4.49. The first-order valence-corrected chi connectivity index (χ1v) is 9.56. The Balaban J connectivity index is 1.48. The summed E-state index contributed by atoms with van der Waals surface area (Å²) in [7, 11) is 0. The fraction of sp³-hybridized carbons (Fsp3) is 0.318. The van der Waals surface area contributed by atoms with Crippen LogP contribution in [0.1, 0.15) is 30.1 Å². The zero-order chi connectivity index (χ0) is 18.5. The maximum absolute atomic E-state index is 12.2. The predicted molar refractivity (Wildman–Crippen MR) is 107 cm³/mol.